The molecule has 7 heteroatoms. The second-order valence-electron chi connectivity index (χ2n) is 7.59. The Morgan fingerprint density at radius 2 is 1.84 bits per heavy atom. The molecule has 2 atom stereocenters. The Kier molecular flexibility index (Phi) is 11.1. The number of nitrogens with one attached hydrogen (secondary N) is 1. The Bertz CT molecular complexity index is 921. The first-order valence-corrected chi connectivity index (χ1v) is 11.8. The van der Waals surface area contributed by atoms with Crippen LogP contribution in [0.5, 0.6) is 0 Å². The number of aliphatic hydroxyl groups excluding tert-OH is 1. The lowest BCUT2D eigenvalue weighted by atomic mass is 9.86. The van der Waals surface area contributed by atoms with E-state index in [2.05, 4.69) is 16.6 Å². The third-order valence-corrected chi connectivity index (χ3v) is 5.55. The Hall–Kier alpha value is -2.50. The molecule has 2 aromatic rings. The van der Waals surface area contributed by atoms with Crippen LogP contribution in [0, 0.1) is 11.8 Å². The summed E-state index contributed by atoms with van der Waals surface area (Å²) >= 11 is -2.64. The number of carbonyl (C=O) groups excluding carboxylic acids is 1. The Labute approximate surface area is 192 Å². The zero-order valence-electron chi connectivity index (χ0n) is 18.3. The summed E-state index contributed by atoms with van der Waals surface area (Å²) in [4.78, 5) is 13.2. The molecule has 0 radical (unpaired) electrons. The van der Waals surface area contributed by atoms with E-state index in [0.717, 1.165) is 23.1 Å². The van der Waals surface area contributed by atoms with Gasteiger partial charge in [0, 0.05) is 36.3 Å². The fourth-order valence-corrected chi connectivity index (χ4v) is 3.85. The maximum Gasteiger partial charge on any atom is 0.327 e. The van der Waals surface area contributed by atoms with Gasteiger partial charge >= 0.3 is 5.97 Å². The fraction of sp³-hybridized carbons (Fsp3) is 0.400. The summed E-state index contributed by atoms with van der Waals surface area (Å²) in [5.41, 5.74) is 1.07. The second-order valence-corrected chi connectivity index (χ2v) is 8.26. The SMILES string of the molecule is CCCCC(Cc1ccc(C#CCCCO)cc1)(NS(=O)[O-])C(=O)OCc1ccccc1. The molecule has 172 valence electrons. The lowest BCUT2D eigenvalue weighted by Crippen LogP contribution is -2.55. The van der Waals surface area contributed by atoms with Crippen LogP contribution in [0.2, 0.25) is 0 Å². The van der Waals surface area contributed by atoms with Crippen molar-refractivity contribution < 1.29 is 23.4 Å². The lowest BCUT2D eigenvalue weighted by molar-refractivity contribution is -0.152. The van der Waals surface area contributed by atoms with Crippen molar-refractivity contribution >= 4 is 17.2 Å². The number of esters is 1. The van der Waals surface area contributed by atoms with E-state index in [9.17, 15) is 13.6 Å². The summed E-state index contributed by atoms with van der Waals surface area (Å²) in [6, 6.07) is 16.7. The maximum atomic E-state index is 13.2. The van der Waals surface area contributed by atoms with Crippen molar-refractivity contribution in [2.75, 3.05) is 6.61 Å². The fourth-order valence-electron chi connectivity index (χ4n) is 3.28. The average molecular weight is 457 g/mol. The van der Waals surface area contributed by atoms with Crippen molar-refractivity contribution in [3.05, 3.63) is 71.3 Å². The van der Waals surface area contributed by atoms with E-state index >= 15 is 0 Å². The van der Waals surface area contributed by atoms with E-state index < -0.39 is 22.8 Å². The Balaban J connectivity index is 2.21. The normalized spacial score (nSPS) is 13.5. The minimum Gasteiger partial charge on any atom is -0.760 e. The van der Waals surface area contributed by atoms with E-state index in [1.54, 1.807) is 0 Å². The summed E-state index contributed by atoms with van der Waals surface area (Å²) < 4.78 is 31.2. The molecule has 32 heavy (non-hydrogen) atoms. The van der Waals surface area contributed by atoms with Gasteiger partial charge in [-0.25, -0.2) is 9.52 Å². The van der Waals surface area contributed by atoms with Crippen LogP contribution in [0.15, 0.2) is 54.6 Å². The van der Waals surface area contributed by atoms with Gasteiger partial charge in [-0.05, 0) is 36.1 Å². The maximum absolute atomic E-state index is 13.2. The highest BCUT2D eigenvalue weighted by molar-refractivity contribution is 7.77. The Morgan fingerprint density at radius 1 is 1.12 bits per heavy atom. The van der Waals surface area contributed by atoms with Crippen LogP contribution in [0.4, 0.5) is 0 Å². The summed E-state index contributed by atoms with van der Waals surface area (Å²) in [6.45, 7) is 2.17. The second kappa shape index (κ2) is 13.8. The van der Waals surface area contributed by atoms with Crippen LogP contribution in [-0.4, -0.2) is 32.0 Å². The summed E-state index contributed by atoms with van der Waals surface area (Å²) in [6.07, 6.45) is 3.22. The molecule has 6 nitrogen and oxygen atoms in total. The van der Waals surface area contributed by atoms with E-state index in [1.807, 2.05) is 61.5 Å². The molecule has 2 N–H and O–H groups in total. The van der Waals surface area contributed by atoms with E-state index in [-0.39, 0.29) is 19.6 Å². The van der Waals surface area contributed by atoms with Gasteiger partial charge in [0.05, 0.1) is 0 Å². The zero-order valence-corrected chi connectivity index (χ0v) is 19.2. The molecule has 0 bridgehead atoms. The van der Waals surface area contributed by atoms with Gasteiger partial charge in [0.1, 0.15) is 12.1 Å². The molecule has 0 spiro atoms. The number of aliphatic hydroxyl groups is 1. The number of carbonyl (C=O) groups is 1. The average Bonchev–Trinajstić information content (AvgIpc) is 2.80. The number of hydrogen-bond donors (Lipinski definition) is 2. The molecular formula is C25H30NO5S-. The molecule has 0 fully saturated rings. The van der Waals surface area contributed by atoms with Gasteiger partial charge in [0.2, 0.25) is 0 Å². The molecule has 0 aliphatic rings. The minimum absolute atomic E-state index is 0.0725. The quantitative estimate of drug-likeness (QED) is 0.221. The topological polar surface area (TPSA) is 98.7 Å². The number of ether oxygens (including phenoxy) is 1. The molecule has 0 saturated heterocycles. The van der Waals surface area contributed by atoms with Crippen LogP contribution in [-0.2, 0) is 33.8 Å². The van der Waals surface area contributed by atoms with Gasteiger partial charge in [-0.1, -0.05) is 74.1 Å². The predicted octanol–water partition coefficient (Wildman–Crippen LogP) is 3.41. The highest BCUT2D eigenvalue weighted by Gasteiger charge is 2.40. The third-order valence-electron chi connectivity index (χ3n) is 4.99. The molecule has 0 aliphatic heterocycles. The number of benzene rings is 2. The van der Waals surface area contributed by atoms with Gasteiger partial charge in [0.25, 0.3) is 0 Å². The molecule has 0 aromatic heterocycles. The summed E-state index contributed by atoms with van der Waals surface area (Å²) in [5, 5.41) is 8.82. The molecular weight excluding hydrogens is 426 g/mol. The van der Waals surface area contributed by atoms with Crippen molar-refractivity contribution in [1.82, 2.24) is 4.72 Å². The van der Waals surface area contributed by atoms with Crippen molar-refractivity contribution in [2.45, 2.75) is 57.6 Å². The van der Waals surface area contributed by atoms with Crippen molar-refractivity contribution in [2.24, 2.45) is 0 Å². The predicted molar refractivity (Wildman–Crippen MR) is 124 cm³/mol. The van der Waals surface area contributed by atoms with Crippen LogP contribution in [0.1, 0.15) is 55.7 Å². The lowest BCUT2D eigenvalue weighted by Gasteiger charge is -2.33. The molecule has 2 rings (SSSR count). The minimum atomic E-state index is -2.64. The summed E-state index contributed by atoms with van der Waals surface area (Å²) in [5.74, 6) is 5.44. The van der Waals surface area contributed by atoms with Crippen LogP contribution >= 0.6 is 0 Å². The number of rotatable bonds is 12. The first-order valence-electron chi connectivity index (χ1n) is 10.8. The third kappa shape index (κ3) is 8.56. The van der Waals surface area contributed by atoms with Gasteiger partial charge in [0.15, 0.2) is 0 Å². The van der Waals surface area contributed by atoms with Crippen LogP contribution in [0.3, 0.4) is 0 Å². The highest BCUT2D eigenvalue weighted by atomic mass is 32.2. The van der Waals surface area contributed by atoms with E-state index in [1.165, 1.54) is 0 Å². The van der Waals surface area contributed by atoms with Gasteiger partial charge in [-0.3, -0.25) is 4.21 Å². The van der Waals surface area contributed by atoms with Crippen molar-refractivity contribution in [3.63, 3.8) is 0 Å². The largest absolute Gasteiger partial charge is 0.760 e. The first kappa shape index (κ1) is 25.8. The van der Waals surface area contributed by atoms with E-state index in [0.29, 0.717) is 25.7 Å². The monoisotopic (exact) mass is 456 g/mol. The van der Waals surface area contributed by atoms with E-state index in [4.69, 9.17) is 9.84 Å². The highest BCUT2D eigenvalue weighted by Crippen LogP contribution is 2.24. The van der Waals surface area contributed by atoms with Crippen molar-refractivity contribution in [3.8, 4) is 11.8 Å². The van der Waals surface area contributed by atoms with Crippen LogP contribution < -0.4 is 4.72 Å². The molecule has 0 heterocycles. The first-order chi connectivity index (χ1) is 15.5. The molecule has 0 amide bonds. The number of unbranched alkanes of at least 4 members (excludes halogenated alkanes) is 2. The molecule has 2 aromatic carbocycles. The molecule has 2 unspecified atom stereocenters. The van der Waals surface area contributed by atoms with Gasteiger partial charge in [-0.15, -0.1) is 0 Å². The Morgan fingerprint density at radius 3 is 2.47 bits per heavy atom. The van der Waals surface area contributed by atoms with Crippen LogP contribution in [0.25, 0.3) is 0 Å². The summed E-state index contributed by atoms with van der Waals surface area (Å²) in [7, 11) is 0. The standard InChI is InChI=1S/C25H31NO5S/c1-2-3-17-25(26-32(29)30,24(28)31-20-23-11-6-4-7-12-23)19-22-15-13-21(14-16-22)10-8-5-9-18-27/h4,6-7,11-16,26-27H,2-3,5,9,17-20H2,1H3,(H,29,30)/p-1. The zero-order chi connectivity index (χ0) is 23.2. The van der Waals surface area contributed by atoms with Gasteiger partial charge in [-0.2, -0.15) is 0 Å². The smallest absolute Gasteiger partial charge is 0.327 e. The van der Waals surface area contributed by atoms with Gasteiger partial charge < -0.3 is 14.4 Å². The van der Waals surface area contributed by atoms with Crippen molar-refractivity contribution in [1.29, 1.82) is 0 Å². The molecule has 0 aliphatic carbocycles. The molecule has 0 saturated carbocycles. The number of hydrogen-bond acceptors (Lipinski definition) is 5.